The van der Waals surface area contributed by atoms with Gasteiger partial charge in [-0.05, 0) is 36.5 Å². The molecule has 0 atom stereocenters. The predicted molar refractivity (Wildman–Crippen MR) is 81.0 cm³/mol. The molecular formula is C15H19N4O-. The minimum absolute atomic E-state index is 0.408. The average molecular weight is 271 g/mol. The van der Waals surface area contributed by atoms with Gasteiger partial charge >= 0.3 is 0 Å². The van der Waals surface area contributed by atoms with Gasteiger partial charge in [-0.1, -0.05) is 18.9 Å². The summed E-state index contributed by atoms with van der Waals surface area (Å²) in [5, 5.41) is 15.2. The molecule has 0 bridgehead atoms. The lowest BCUT2D eigenvalue weighted by atomic mass is 10.1. The highest BCUT2D eigenvalue weighted by molar-refractivity contribution is 5.75. The second kappa shape index (κ2) is 5.54. The molecule has 106 valence electrons. The lowest BCUT2D eigenvalue weighted by Gasteiger charge is -2.13. The Morgan fingerprint density at radius 2 is 2.10 bits per heavy atom. The van der Waals surface area contributed by atoms with Crippen LogP contribution in [0.15, 0.2) is 30.6 Å². The van der Waals surface area contributed by atoms with Crippen molar-refractivity contribution >= 4 is 11.4 Å². The largest absolute Gasteiger partial charge is 0.761 e. The van der Waals surface area contributed by atoms with Gasteiger partial charge in [-0.3, -0.25) is 4.68 Å². The summed E-state index contributed by atoms with van der Waals surface area (Å²) in [6, 6.07) is 5.41. The first-order valence-electron chi connectivity index (χ1n) is 7.07. The first kappa shape index (κ1) is 13.0. The van der Waals surface area contributed by atoms with Crippen LogP contribution in [0.2, 0.25) is 0 Å². The maximum absolute atomic E-state index is 10.8. The summed E-state index contributed by atoms with van der Waals surface area (Å²) < 4.78 is 2.01. The SMILES string of the molecule is Nc1ccc(-c2cnn(CC3CCCC3)c2)cc1N[O-]. The van der Waals surface area contributed by atoms with Gasteiger partial charge in [-0.2, -0.15) is 5.10 Å². The standard InChI is InChI=1S/C15H19N4O/c16-14-6-5-12(7-15(14)18-20)13-8-17-19(10-13)9-11-3-1-2-4-11/h5-8,10-11,18H,1-4,9,16H2/q-1. The number of nitrogens with one attached hydrogen (secondary N) is 1. The Morgan fingerprint density at radius 3 is 2.85 bits per heavy atom. The Balaban J connectivity index is 1.78. The molecule has 0 spiro atoms. The molecule has 1 fully saturated rings. The van der Waals surface area contributed by atoms with Crippen LogP contribution in [0.3, 0.4) is 0 Å². The molecule has 1 saturated carbocycles. The van der Waals surface area contributed by atoms with Crippen molar-refractivity contribution in [1.29, 1.82) is 0 Å². The number of hydrogen-bond donors (Lipinski definition) is 2. The summed E-state index contributed by atoms with van der Waals surface area (Å²) in [7, 11) is 0. The number of anilines is 2. The highest BCUT2D eigenvalue weighted by Crippen LogP contribution is 2.29. The molecule has 20 heavy (non-hydrogen) atoms. The van der Waals surface area contributed by atoms with Crippen LogP contribution in [0.4, 0.5) is 11.4 Å². The Morgan fingerprint density at radius 1 is 1.30 bits per heavy atom. The van der Waals surface area contributed by atoms with Crippen LogP contribution in [0.5, 0.6) is 0 Å². The van der Waals surface area contributed by atoms with Crippen LogP contribution in [0.1, 0.15) is 25.7 Å². The van der Waals surface area contributed by atoms with Crippen LogP contribution in [-0.4, -0.2) is 9.78 Å². The van der Waals surface area contributed by atoms with Crippen LogP contribution in [0, 0.1) is 11.1 Å². The monoisotopic (exact) mass is 271 g/mol. The smallest absolute Gasteiger partial charge is 0.0568 e. The maximum atomic E-state index is 10.8. The van der Waals surface area contributed by atoms with Crippen LogP contribution in [-0.2, 0) is 6.54 Å². The van der Waals surface area contributed by atoms with E-state index in [0.29, 0.717) is 11.4 Å². The molecule has 3 N–H and O–H groups in total. The second-order valence-corrected chi connectivity index (χ2v) is 5.51. The van der Waals surface area contributed by atoms with E-state index in [1.54, 1.807) is 12.1 Å². The van der Waals surface area contributed by atoms with Crippen molar-refractivity contribution in [2.45, 2.75) is 32.2 Å². The molecule has 1 aromatic heterocycles. The van der Waals surface area contributed by atoms with Crippen molar-refractivity contribution in [2.75, 3.05) is 11.2 Å². The van der Waals surface area contributed by atoms with Crippen molar-refractivity contribution in [1.82, 2.24) is 9.78 Å². The van der Waals surface area contributed by atoms with Crippen LogP contribution >= 0.6 is 0 Å². The third-order valence-corrected chi connectivity index (χ3v) is 4.05. The molecule has 1 aliphatic rings. The highest BCUT2D eigenvalue weighted by Gasteiger charge is 2.16. The fourth-order valence-corrected chi connectivity index (χ4v) is 2.89. The lowest BCUT2D eigenvalue weighted by molar-refractivity contribution is 0.429. The molecule has 0 aliphatic heterocycles. The third-order valence-electron chi connectivity index (χ3n) is 4.05. The second-order valence-electron chi connectivity index (χ2n) is 5.51. The molecule has 3 rings (SSSR count). The van der Waals surface area contributed by atoms with Crippen molar-refractivity contribution in [3.63, 3.8) is 0 Å². The molecule has 0 saturated heterocycles. The zero-order valence-corrected chi connectivity index (χ0v) is 11.4. The predicted octanol–water partition coefficient (Wildman–Crippen LogP) is 3.23. The normalized spacial score (nSPS) is 15.7. The number of nitrogens with two attached hydrogens (primary N) is 1. The van der Waals surface area contributed by atoms with E-state index in [-0.39, 0.29) is 0 Å². The van der Waals surface area contributed by atoms with E-state index in [2.05, 4.69) is 5.10 Å². The van der Waals surface area contributed by atoms with Crippen LogP contribution in [0.25, 0.3) is 11.1 Å². The van der Waals surface area contributed by atoms with Crippen molar-refractivity contribution in [2.24, 2.45) is 5.92 Å². The van der Waals surface area contributed by atoms with E-state index in [1.807, 2.05) is 28.6 Å². The maximum Gasteiger partial charge on any atom is 0.0568 e. The Bertz CT molecular complexity index is 587. The van der Waals surface area contributed by atoms with Crippen molar-refractivity contribution in [3.8, 4) is 11.1 Å². The first-order valence-corrected chi connectivity index (χ1v) is 7.07. The minimum Gasteiger partial charge on any atom is -0.761 e. The number of rotatable bonds is 4. The van der Waals surface area contributed by atoms with Gasteiger partial charge in [0.25, 0.3) is 0 Å². The summed E-state index contributed by atoms with van der Waals surface area (Å²) in [6.07, 6.45) is 9.18. The van der Waals surface area contributed by atoms with Gasteiger partial charge < -0.3 is 16.4 Å². The molecule has 0 unspecified atom stereocenters. The summed E-state index contributed by atoms with van der Waals surface area (Å²) in [5.41, 5.74) is 10.4. The van der Waals surface area contributed by atoms with Gasteiger partial charge in [0.1, 0.15) is 0 Å². The summed E-state index contributed by atoms with van der Waals surface area (Å²) >= 11 is 0. The number of aromatic nitrogens is 2. The van der Waals surface area contributed by atoms with Gasteiger partial charge in [0.2, 0.25) is 0 Å². The van der Waals surface area contributed by atoms with E-state index >= 15 is 0 Å². The van der Waals surface area contributed by atoms with E-state index in [4.69, 9.17) is 5.73 Å². The van der Waals surface area contributed by atoms with Crippen molar-refractivity contribution in [3.05, 3.63) is 35.8 Å². The van der Waals surface area contributed by atoms with E-state index in [1.165, 1.54) is 25.7 Å². The van der Waals surface area contributed by atoms with Gasteiger partial charge in [-0.15, -0.1) is 0 Å². The fourth-order valence-electron chi connectivity index (χ4n) is 2.89. The van der Waals surface area contributed by atoms with Gasteiger partial charge in [-0.25, -0.2) is 0 Å². The molecule has 5 heteroatoms. The van der Waals surface area contributed by atoms with E-state index in [0.717, 1.165) is 23.6 Å². The van der Waals surface area contributed by atoms with E-state index in [9.17, 15) is 5.21 Å². The quantitative estimate of drug-likeness (QED) is 0.661. The zero-order valence-electron chi connectivity index (χ0n) is 11.4. The summed E-state index contributed by atoms with van der Waals surface area (Å²) in [6.45, 7) is 0.988. The average Bonchev–Trinajstić information content (AvgIpc) is 3.12. The first-order chi connectivity index (χ1) is 9.76. The molecule has 0 radical (unpaired) electrons. The molecule has 5 nitrogen and oxygen atoms in total. The number of nitrogen functional groups attached to an aromatic ring is 1. The number of benzene rings is 1. The molecule has 1 aromatic carbocycles. The topological polar surface area (TPSA) is 78.9 Å². The Hall–Kier alpha value is -2.01. The van der Waals surface area contributed by atoms with Gasteiger partial charge in [0.15, 0.2) is 0 Å². The van der Waals surface area contributed by atoms with Crippen LogP contribution < -0.4 is 11.2 Å². The van der Waals surface area contributed by atoms with E-state index < -0.39 is 0 Å². The Labute approximate surface area is 118 Å². The fraction of sp³-hybridized carbons (Fsp3) is 0.400. The highest BCUT2D eigenvalue weighted by atomic mass is 16.5. The van der Waals surface area contributed by atoms with Crippen molar-refractivity contribution < 1.29 is 0 Å². The zero-order chi connectivity index (χ0) is 13.9. The van der Waals surface area contributed by atoms with Gasteiger partial charge in [0, 0.05) is 24.0 Å². The number of hydrogen-bond acceptors (Lipinski definition) is 4. The Kier molecular flexibility index (Phi) is 3.60. The molecule has 1 aliphatic carbocycles. The number of nitrogens with zero attached hydrogens (tertiary/aromatic N) is 2. The molecule has 2 aromatic rings. The molecular weight excluding hydrogens is 252 g/mol. The summed E-state index contributed by atoms with van der Waals surface area (Å²) in [4.78, 5) is 0. The molecule has 1 heterocycles. The minimum atomic E-state index is 0.408. The van der Waals surface area contributed by atoms with Gasteiger partial charge in [0.05, 0.1) is 11.9 Å². The lowest BCUT2D eigenvalue weighted by Crippen LogP contribution is -2.07. The summed E-state index contributed by atoms with van der Waals surface area (Å²) in [5.74, 6) is 0.757. The third kappa shape index (κ3) is 2.63. The molecule has 0 amide bonds.